The van der Waals surface area contributed by atoms with Gasteiger partial charge in [0.25, 0.3) is 0 Å². The molecule has 0 amide bonds. The lowest BCUT2D eigenvalue weighted by Crippen LogP contribution is -2.30. The van der Waals surface area contributed by atoms with Crippen LogP contribution in [0.5, 0.6) is 0 Å². The van der Waals surface area contributed by atoms with Gasteiger partial charge in [0.2, 0.25) is 0 Å². The van der Waals surface area contributed by atoms with Crippen molar-refractivity contribution in [2.24, 2.45) is 0 Å². The van der Waals surface area contributed by atoms with Crippen molar-refractivity contribution in [1.29, 1.82) is 0 Å². The molecule has 1 fully saturated rings. The molecule has 2 heterocycles. The normalized spacial score (nSPS) is 17.2. The second-order valence-electron chi connectivity index (χ2n) is 7.32. The molecular formula is C22H21NO5. The second-order valence-corrected chi connectivity index (χ2v) is 7.32. The molecule has 6 nitrogen and oxygen atoms in total. The van der Waals surface area contributed by atoms with E-state index in [1.54, 1.807) is 19.1 Å². The van der Waals surface area contributed by atoms with Crippen LogP contribution in [0.1, 0.15) is 58.0 Å². The number of rotatable bonds is 3. The number of carbonyl (C=O) groups is 2. The predicted octanol–water partition coefficient (Wildman–Crippen LogP) is 3.86. The fraction of sp³-hybridized carbons (Fsp3) is 0.364. The Balaban J connectivity index is 2.03. The number of aryl methyl sites for hydroxylation is 1. The van der Waals surface area contributed by atoms with Crippen molar-refractivity contribution in [2.75, 3.05) is 6.61 Å². The summed E-state index contributed by atoms with van der Waals surface area (Å²) in [6.45, 7) is 5.49. The Labute approximate surface area is 161 Å². The molecule has 1 aromatic carbocycles. The molecule has 144 valence electrons. The summed E-state index contributed by atoms with van der Waals surface area (Å²) in [7, 11) is 0. The summed E-state index contributed by atoms with van der Waals surface area (Å²) >= 11 is 0. The standard InChI is InChI=1S/C22H21NO5/c1-11-7-8-14(13(3)24)18-21(11)28-22-12(2)16(25)10-15(19(22)23-18)20(26)17-6-4-5-9-27-17/h7-8,10,17H,4-6,9H2,1-3H3. The molecule has 0 radical (unpaired) electrons. The monoisotopic (exact) mass is 379 g/mol. The lowest BCUT2D eigenvalue weighted by atomic mass is 9.94. The van der Waals surface area contributed by atoms with Gasteiger partial charge in [-0.25, -0.2) is 4.98 Å². The zero-order valence-corrected chi connectivity index (χ0v) is 16.1. The lowest BCUT2D eigenvalue weighted by Gasteiger charge is -2.22. The fourth-order valence-corrected chi connectivity index (χ4v) is 3.67. The van der Waals surface area contributed by atoms with Crippen molar-refractivity contribution in [2.45, 2.75) is 46.1 Å². The van der Waals surface area contributed by atoms with Gasteiger partial charge in [-0.2, -0.15) is 0 Å². The number of fused-ring (bicyclic) bond motifs is 2. The Morgan fingerprint density at radius 3 is 2.61 bits per heavy atom. The summed E-state index contributed by atoms with van der Waals surface area (Å²) < 4.78 is 11.7. The number of hydrogen-bond donors (Lipinski definition) is 0. The van der Waals surface area contributed by atoms with E-state index in [1.807, 2.05) is 6.92 Å². The summed E-state index contributed by atoms with van der Waals surface area (Å²) in [6, 6.07) is 4.80. The van der Waals surface area contributed by atoms with Crippen molar-refractivity contribution in [3.8, 4) is 11.5 Å². The van der Waals surface area contributed by atoms with E-state index in [2.05, 4.69) is 4.98 Å². The third-order valence-electron chi connectivity index (χ3n) is 5.33. The number of benzene rings is 2. The number of nitrogens with zero attached hydrogens (tertiary/aromatic N) is 1. The molecule has 4 rings (SSSR count). The maximum atomic E-state index is 13.1. The third kappa shape index (κ3) is 2.94. The maximum absolute atomic E-state index is 13.1. The van der Waals surface area contributed by atoms with E-state index >= 15 is 0 Å². The molecule has 1 aliphatic carbocycles. The van der Waals surface area contributed by atoms with E-state index in [-0.39, 0.29) is 28.3 Å². The molecule has 0 N–H and O–H groups in total. The smallest absolute Gasteiger partial charge is 0.193 e. The van der Waals surface area contributed by atoms with Crippen molar-refractivity contribution in [1.82, 2.24) is 4.98 Å². The average Bonchev–Trinajstić information content (AvgIpc) is 2.70. The summed E-state index contributed by atoms with van der Waals surface area (Å²) in [4.78, 5) is 42.3. The number of aromatic nitrogens is 1. The van der Waals surface area contributed by atoms with Gasteiger partial charge in [-0.05, 0) is 57.7 Å². The van der Waals surface area contributed by atoms with Crippen molar-refractivity contribution in [3.05, 3.63) is 50.7 Å². The molecule has 6 heteroatoms. The summed E-state index contributed by atoms with van der Waals surface area (Å²) in [6.07, 6.45) is 1.86. The van der Waals surface area contributed by atoms with Crippen LogP contribution in [0.25, 0.3) is 22.6 Å². The van der Waals surface area contributed by atoms with Gasteiger partial charge in [0.1, 0.15) is 17.3 Å². The van der Waals surface area contributed by atoms with Crippen molar-refractivity contribution < 1.29 is 18.7 Å². The molecule has 0 bridgehead atoms. The average molecular weight is 379 g/mol. The van der Waals surface area contributed by atoms with Crippen LogP contribution in [0, 0.1) is 13.8 Å². The Hall–Kier alpha value is -2.86. The van der Waals surface area contributed by atoms with Crippen LogP contribution in [0.15, 0.2) is 27.4 Å². The molecule has 1 atom stereocenters. The van der Waals surface area contributed by atoms with Crippen LogP contribution in [-0.4, -0.2) is 29.3 Å². The van der Waals surface area contributed by atoms with Crippen LogP contribution in [-0.2, 0) is 4.74 Å². The predicted molar refractivity (Wildman–Crippen MR) is 104 cm³/mol. The summed E-state index contributed by atoms with van der Waals surface area (Å²) in [5.41, 5.74) is 2.67. The Kier molecular flexibility index (Phi) is 4.59. The van der Waals surface area contributed by atoms with Crippen molar-refractivity contribution >= 4 is 22.7 Å². The molecular weight excluding hydrogens is 358 g/mol. The number of hydrogen-bond acceptors (Lipinski definition) is 6. The molecule has 1 unspecified atom stereocenters. The first-order valence-corrected chi connectivity index (χ1v) is 9.43. The molecule has 2 aliphatic heterocycles. The highest BCUT2D eigenvalue weighted by atomic mass is 16.5. The minimum absolute atomic E-state index is 0.146. The fourth-order valence-electron chi connectivity index (χ4n) is 3.67. The quantitative estimate of drug-likeness (QED) is 0.507. The topological polar surface area (TPSA) is 86.5 Å². The molecule has 1 saturated heterocycles. The van der Waals surface area contributed by atoms with Crippen LogP contribution in [0.2, 0.25) is 0 Å². The molecule has 0 aromatic heterocycles. The van der Waals surface area contributed by atoms with E-state index in [1.165, 1.54) is 13.0 Å². The van der Waals surface area contributed by atoms with Gasteiger partial charge < -0.3 is 9.15 Å². The number of ketones is 2. The van der Waals surface area contributed by atoms with E-state index in [0.29, 0.717) is 40.9 Å². The number of ether oxygens (including phenoxy) is 1. The first-order chi connectivity index (χ1) is 13.4. The second kappa shape index (κ2) is 6.95. The Bertz CT molecular complexity index is 1140. The molecule has 3 aliphatic rings. The first kappa shape index (κ1) is 18.5. The molecule has 1 aromatic rings. The minimum Gasteiger partial charge on any atom is -0.452 e. The van der Waals surface area contributed by atoms with E-state index in [0.717, 1.165) is 18.4 Å². The first-order valence-electron chi connectivity index (χ1n) is 9.43. The number of Topliss-reactive ketones (excluding diaryl/α,β-unsaturated/α-hetero) is 2. The van der Waals surface area contributed by atoms with Crippen molar-refractivity contribution in [3.63, 3.8) is 0 Å². The van der Waals surface area contributed by atoms with E-state index < -0.39 is 6.10 Å². The van der Waals surface area contributed by atoms with Crippen LogP contribution in [0.3, 0.4) is 0 Å². The SMILES string of the molecule is CC(=O)c1ccc(C)c2oc3c(C)c(=O)cc(C(=O)C4CCCCO4)c-3nc12. The van der Waals surface area contributed by atoms with Crippen LogP contribution >= 0.6 is 0 Å². The van der Waals surface area contributed by atoms with Gasteiger partial charge in [0.15, 0.2) is 28.3 Å². The zero-order chi connectivity index (χ0) is 20.0. The van der Waals surface area contributed by atoms with Gasteiger partial charge in [0.05, 0.1) is 5.56 Å². The lowest BCUT2D eigenvalue weighted by molar-refractivity contribution is 0.0186. The third-order valence-corrected chi connectivity index (χ3v) is 5.33. The van der Waals surface area contributed by atoms with E-state index in [9.17, 15) is 14.4 Å². The number of carbonyl (C=O) groups excluding carboxylic acids is 2. The molecule has 0 saturated carbocycles. The maximum Gasteiger partial charge on any atom is 0.193 e. The van der Waals surface area contributed by atoms with Gasteiger partial charge in [-0.3, -0.25) is 14.4 Å². The summed E-state index contributed by atoms with van der Waals surface area (Å²) in [5.74, 6) is -0.128. The highest BCUT2D eigenvalue weighted by Crippen LogP contribution is 2.33. The van der Waals surface area contributed by atoms with Gasteiger partial charge in [0, 0.05) is 17.7 Å². The Morgan fingerprint density at radius 2 is 1.93 bits per heavy atom. The highest BCUT2D eigenvalue weighted by molar-refractivity contribution is 6.08. The zero-order valence-electron chi connectivity index (χ0n) is 16.1. The minimum atomic E-state index is -0.582. The molecule has 0 spiro atoms. The highest BCUT2D eigenvalue weighted by Gasteiger charge is 2.30. The molecule has 28 heavy (non-hydrogen) atoms. The van der Waals surface area contributed by atoms with E-state index in [4.69, 9.17) is 9.15 Å². The largest absolute Gasteiger partial charge is 0.452 e. The van der Waals surface area contributed by atoms with Gasteiger partial charge >= 0.3 is 0 Å². The van der Waals surface area contributed by atoms with Crippen LogP contribution in [0.4, 0.5) is 0 Å². The summed E-state index contributed by atoms with van der Waals surface area (Å²) in [5, 5.41) is 0. The van der Waals surface area contributed by atoms with Crippen LogP contribution < -0.4 is 5.43 Å². The van der Waals surface area contributed by atoms with Gasteiger partial charge in [-0.1, -0.05) is 6.07 Å². The van der Waals surface area contributed by atoms with Gasteiger partial charge in [-0.15, -0.1) is 0 Å². The Morgan fingerprint density at radius 1 is 1.14 bits per heavy atom.